The molecule has 0 spiro atoms. The molecule has 0 aromatic carbocycles. The molecule has 0 heterocycles. The van der Waals surface area contributed by atoms with Gasteiger partial charge < -0.3 is 5.41 Å². The van der Waals surface area contributed by atoms with E-state index in [0.717, 1.165) is 19.3 Å². The van der Waals surface area contributed by atoms with Crippen molar-refractivity contribution in [2.45, 2.75) is 39.2 Å². The highest BCUT2D eigenvalue weighted by atomic mass is 16.7. The van der Waals surface area contributed by atoms with E-state index in [2.05, 4.69) is 12.1 Å². The van der Waals surface area contributed by atoms with Crippen LogP contribution in [0.1, 0.15) is 33.1 Å². The summed E-state index contributed by atoms with van der Waals surface area (Å²) in [4.78, 5) is 5.18. The average Bonchev–Trinajstić information content (AvgIpc) is 2.02. The summed E-state index contributed by atoms with van der Waals surface area (Å²) < 4.78 is 0. The normalized spacial score (nSPS) is 12.5. The third-order valence-electron chi connectivity index (χ3n) is 1.81. The molecule has 0 radical (unpaired) electrons. The molecule has 1 unspecified atom stereocenters. The fourth-order valence-corrected chi connectivity index (χ4v) is 1.10. The van der Waals surface area contributed by atoms with Gasteiger partial charge in [0.25, 0.3) is 0 Å². The van der Waals surface area contributed by atoms with Crippen molar-refractivity contribution >= 4 is 5.71 Å². The lowest BCUT2D eigenvalue weighted by Crippen LogP contribution is -2.26. The van der Waals surface area contributed by atoms with Crippen molar-refractivity contribution in [3.8, 4) is 0 Å². The summed E-state index contributed by atoms with van der Waals surface area (Å²) in [6.07, 6.45) is 2.82. The summed E-state index contributed by atoms with van der Waals surface area (Å²) >= 11 is 0. The van der Waals surface area contributed by atoms with Gasteiger partial charge in [0, 0.05) is 12.8 Å². The van der Waals surface area contributed by atoms with Crippen molar-refractivity contribution in [2.24, 2.45) is 0 Å². The Morgan fingerprint density at radius 1 is 1.54 bits per heavy atom. The lowest BCUT2D eigenvalue weighted by molar-refractivity contribution is 0.0202. The van der Waals surface area contributed by atoms with Gasteiger partial charge in [-0.2, -0.15) is 0 Å². The molecule has 0 aromatic heterocycles. The first-order valence-corrected chi connectivity index (χ1v) is 4.59. The molecule has 3 nitrogen and oxygen atoms in total. The summed E-state index contributed by atoms with van der Waals surface area (Å²) in [5.41, 5.74) is 4.38. The first-order chi connectivity index (χ1) is 6.07. The van der Waals surface area contributed by atoms with Gasteiger partial charge in [-0.1, -0.05) is 5.57 Å². The number of rotatable bonds is 7. The van der Waals surface area contributed by atoms with E-state index >= 15 is 0 Å². The second-order valence-corrected chi connectivity index (χ2v) is 3.34. The Morgan fingerprint density at radius 3 is 2.54 bits per heavy atom. The Labute approximate surface area is 80.6 Å². The highest BCUT2D eigenvalue weighted by Crippen LogP contribution is 2.09. The van der Waals surface area contributed by atoms with Crippen LogP contribution in [-0.2, 0) is 4.84 Å². The van der Waals surface area contributed by atoms with Crippen LogP contribution in [0.15, 0.2) is 12.2 Å². The van der Waals surface area contributed by atoms with Gasteiger partial charge in [0.1, 0.15) is 6.10 Å². The van der Waals surface area contributed by atoms with Crippen LogP contribution in [0.2, 0.25) is 0 Å². The molecule has 0 bridgehead atoms. The van der Waals surface area contributed by atoms with E-state index in [9.17, 15) is 0 Å². The molecule has 76 valence electrons. The standard InChI is InChI=1S/C10H20N2O/c1-8(2)6-5-7-10(9(3)11)13-12-4/h10-12H,1,5-7H2,2-4H3. The van der Waals surface area contributed by atoms with Gasteiger partial charge in [-0.05, 0) is 33.1 Å². The predicted octanol–water partition coefficient (Wildman–Crippen LogP) is 2.29. The van der Waals surface area contributed by atoms with Crippen LogP contribution >= 0.6 is 0 Å². The van der Waals surface area contributed by atoms with E-state index in [1.54, 1.807) is 14.0 Å². The zero-order valence-electron chi connectivity index (χ0n) is 8.81. The van der Waals surface area contributed by atoms with E-state index in [-0.39, 0.29) is 6.10 Å². The zero-order chi connectivity index (χ0) is 10.3. The topological polar surface area (TPSA) is 45.1 Å². The third kappa shape index (κ3) is 6.49. The number of hydrogen-bond acceptors (Lipinski definition) is 3. The molecule has 0 fully saturated rings. The number of hydrogen-bond donors (Lipinski definition) is 2. The van der Waals surface area contributed by atoms with E-state index < -0.39 is 0 Å². The fourth-order valence-electron chi connectivity index (χ4n) is 1.10. The van der Waals surface area contributed by atoms with Crippen LogP contribution in [-0.4, -0.2) is 18.9 Å². The lowest BCUT2D eigenvalue weighted by Gasteiger charge is -2.14. The Kier molecular flexibility index (Phi) is 6.45. The van der Waals surface area contributed by atoms with Crippen LogP contribution in [0.4, 0.5) is 0 Å². The SMILES string of the molecule is C=C(C)CCCC(ONC)C(C)=N. The largest absolute Gasteiger partial charge is 0.307 e. The highest BCUT2D eigenvalue weighted by Gasteiger charge is 2.10. The quantitative estimate of drug-likeness (QED) is 0.362. The van der Waals surface area contributed by atoms with Crippen LogP contribution in [0.3, 0.4) is 0 Å². The summed E-state index contributed by atoms with van der Waals surface area (Å²) in [7, 11) is 1.72. The molecule has 3 heteroatoms. The summed E-state index contributed by atoms with van der Waals surface area (Å²) in [5, 5.41) is 7.45. The van der Waals surface area contributed by atoms with Crippen LogP contribution in [0, 0.1) is 5.41 Å². The van der Waals surface area contributed by atoms with Crippen LogP contribution < -0.4 is 5.48 Å². The van der Waals surface area contributed by atoms with E-state index in [1.807, 2.05) is 6.92 Å². The number of hydroxylamine groups is 1. The van der Waals surface area contributed by atoms with Crippen LogP contribution in [0.5, 0.6) is 0 Å². The van der Waals surface area contributed by atoms with Gasteiger partial charge >= 0.3 is 0 Å². The molecule has 0 saturated heterocycles. The maximum absolute atomic E-state index is 7.45. The van der Waals surface area contributed by atoms with Gasteiger partial charge in [-0.15, -0.1) is 6.58 Å². The van der Waals surface area contributed by atoms with Crippen molar-refractivity contribution in [2.75, 3.05) is 7.05 Å². The smallest absolute Gasteiger partial charge is 0.116 e. The second-order valence-electron chi connectivity index (χ2n) is 3.34. The molecular weight excluding hydrogens is 164 g/mol. The minimum Gasteiger partial charge on any atom is -0.307 e. The van der Waals surface area contributed by atoms with Crippen molar-refractivity contribution in [1.82, 2.24) is 5.48 Å². The van der Waals surface area contributed by atoms with Crippen LogP contribution in [0.25, 0.3) is 0 Å². The van der Waals surface area contributed by atoms with E-state index in [0.29, 0.717) is 5.71 Å². The second kappa shape index (κ2) is 6.80. The highest BCUT2D eigenvalue weighted by molar-refractivity contribution is 5.83. The first-order valence-electron chi connectivity index (χ1n) is 4.59. The van der Waals surface area contributed by atoms with Gasteiger partial charge in [0.05, 0.1) is 0 Å². The Hall–Kier alpha value is -0.670. The third-order valence-corrected chi connectivity index (χ3v) is 1.81. The molecule has 2 N–H and O–H groups in total. The van der Waals surface area contributed by atoms with Gasteiger partial charge in [0.15, 0.2) is 0 Å². The fraction of sp³-hybridized carbons (Fsp3) is 0.700. The van der Waals surface area contributed by atoms with Gasteiger partial charge in [0.2, 0.25) is 0 Å². The molecular formula is C10H20N2O. The molecule has 0 amide bonds. The molecule has 0 aliphatic rings. The summed E-state index contributed by atoms with van der Waals surface area (Å²) in [6.45, 7) is 7.62. The lowest BCUT2D eigenvalue weighted by atomic mass is 10.1. The zero-order valence-corrected chi connectivity index (χ0v) is 8.81. The van der Waals surface area contributed by atoms with Gasteiger partial charge in [-0.3, -0.25) is 4.84 Å². The Morgan fingerprint density at radius 2 is 2.15 bits per heavy atom. The molecule has 0 aliphatic heterocycles. The van der Waals surface area contributed by atoms with E-state index in [1.165, 1.54) is 5.57 Å². The van der Waals surface area contributed by atoms with Crippen molar-refractivity contribution < 1.29 is 4.84 Å². The molecule has 1 atom stereocenters. The van der Waals surface area contributed by atoms with Crippen molar-refractivity contribution in [1.29, 1.82) is 5.41 Å². The number of nitrogens with one attached hydrogen (secondary N) is 2. The molecule has 0 aliphatic carbocycles. The monoisotopic (exact) mass is 184 g/mol. The molecule has 13 heavy (non-hydrogen) atoms. The minimum absolute atomic E-state index is 0.0932. The van der Waals surface area contributed by atoms with Gasteiger partial charge in [-0.25, -0.2) is 5.48 Å². The Balaban J connectivity index is 3.69. The first kappa shape index (κ1) is 12.3. The maximum Gasteiger partial charge on any atom is 0.116 e. The number of allylic oxidation sites excluding steroid dienone is 1. The average molecular weight is 184 g/mol. The molecule has 0 saturated carbocycles. The summed E-state index contributed by atoms with van der Waals surface area (Å²) in [5.74, 6) is 0. The van der Waals surface area contributed by atoms with E-state index in [4.69, 9.17) is 10.2 Å². The summed E-state index contributed by atoms with van der Waals surface area (Å²) in [6, 6.07) is 0. The van der Waals surface area contributed by atoms with Crippen molar-refractivity contribution in [3.05, 3.63) is 12.2 Å². The maximum atomic E-state index is 7.45. The Bertz CT molecular complexity index is 178. The van der Waals surface area contributed by atoms with Crippen molar-refractivity contribution in [3.63, 3.8) is 0 Å². The molecule has 0 rings (SSSR count). The predicted molar refractivity (Wildman–Crippen MR) is 56.0 cm³/mol. The molecule has 0 aromatic rings. The minimum atomic E-state index is -0.0932.